The summed E-state index contributed by atoms with van der Waals surface area (Å²) in [6.07, 6.45) is 1.33. The van der Waals surface area contributed by atoms with Gasteiger partial charge in [0.1, 0.15) is 0 Å². The molecule has 4 nitrogen and oxygen atoms in total. The Morgan fingerprint density at radius 3 is 1.58 bits per heavy atom. The van der Waals surface area contributed by atoms with E-state index in [-0.39, 0.29) is 25.4 Å². The van der Waals surface area contributed by atoms with Crippen LogP contribution in [-0.4, -0.2) is 48.8 Å². The highest BCUT2D eigenvalue weighted by Gasteiger charge is 2.20. The van der Waals surface area contributed by atoms with E-state index >= 15 is 0 Å². The molecule has 4 heteroatoms. The summed E-state index contributed by atoms with van der Waals surface area (Å²) in [5.74, 6) is 0. The largest absolute Gasteiger partial charge is 0.396 e. The van der Waals surface area contributed by atoms with Crippen molar-refractivity contribution in [1.82, 2.24) is 0 Å². The van der Waals surface area contributed by atoms with Crippen molar-refractivity contribution in [3.05, 3.63) is 0 Å². The minimum atomic E-state index is 0.0324. The molecule has 0 saturated carbocycles. The average Bonchev–Trinajstić information content (AvgIpc) is 2.09. The molecule has 0 aromatic carbocycles. The fourth-order valence-electron chi connectivity index (χ4n) is 1.20. The van der Waals surface area contributed by atoms with Gasteiger partial charge in [-0.25, -0.2) is 0 Å². The second kappa shape index (κ2) is 5.48. The van der Waals surface area contributed by atoms with Gasteiger partial charge in [0, 0.05) is 13.2 Å². The van der Waals surface area contributed by atoms with Gasteiger partial charge in [0.2, 0.25) is 0 Å². The standard InChI is InChI=1S/C8H16O4/c9-3-1-7-5-12-8(2-4-10)6-11-7/h7-10H,1-6H2. The number of hydrogen-bond acceptors (Lipinski definition) is 4. The Morgan fingerprint density at radius 1 is 0.917 bits per heavy atom. The van der Waals surface area contributed by atoms with E-state index in [1.54, 1.807) is 0 Å². The molecule has 1 aliphatic heterocycles. The molecule has 1 saturated heterocycles. The molecular weight excluding hydrogens is 160 g/mol. The second-order valence-corrected chi connectivity index (χ2v) is 2.94. The Kier molecular flexibility index (Phi) is 4.53. The van der Waals surface area contributed by atoms with Crippen molar-refractivity contribution in [2.75, 3.05) is 26.4 Å². The third-order valence-electron chi connectivity index (χ3n) is 1.94. The normalized spacial score (nSPS) is 30.5. The molecule has 2 unspecified atom stereocenters. The number of rotatable bonds is 4. The second-order valence-electron chi connectivity index (χ2n) is 2.94. The lowest BCUT2D eigenvalue weighted by Gasteiger charge is -2.28. The summed E-state index contributed by atoms with van der Waals surface area (Å²) < 4.78 is 10.8. The van der Waals surface area contributed by atoms with Gasteiger partial charge in [0.25, 0.3) is 0 Å². The van der Waals surface area contributed by atoms with E-state index in [4.69, 9.17) is 19.7 Å². The zero-order chi connectivity index (χ0) is 8.81. The van der Waals surface area contributed by atoms with E-state index in [9.17, 15) is 0 Å². The highest BCUT2D eigenvalue weighted by molar-refractivity contribution is 4.67. The zero-order valence-corrected chi connectivity index (χ0v) is 7.11. The third kappa shape index (κ3) is 3.06. The van der Waals surface area contributed by atoms with Gasteiger partial charge in [-0.05, 0) is 12.8 Å². The van der Waals surface area contributed by atoms with Crippen LogP contribution in [0.25, 0.3) is 0 Å². The quantitative estimate of drug-likeness (QED) is 0.608. The number of aliphatic hydroxyl groups excluding tert-OH is 2. The summed E-state index contributed by atoms with van der Waals surface area (Å²) in [4.78, 5) is 0. The third-order valence-corrected chi connectivity index (χ3v) is 1.94. The lowest BCUT2D eigenvalue weighted by molar-refractivity contribution is -0.141. The topological polar surface area (TPSA) is 58.9 Å². The molecule has 12 heavy (non-hydrogen) atoms. The molecule has 0 aromatic rings. The molecule has 2 N–H and O–H groups in total. The lowest BCUT2D eigenvalue weighted by Crippen LogP contribution is -2.36. The first-order valence-electron chi connectivity index (χ1n) is 4.31. The van der Waals surface area contributed by atoms with E-state index in [1.807, 2.05) is 0 Å². The van der Waals surface area contributed by atoms with Gasteiger partial charge in [-0.2, -0.15) is 0 Å². The van der Waals surface area contributed by atoms with Crippen LogP contribution in [0.5, 0.6) is 0 Å². The van der Waals surface area contributed by atoms with E-state index in [1.165, 1.54) is 0 Å². The average molecular weight is 176 g/mol. The van der Waals surface area contributed by atoms with Crippen LogP contribution in [0.1, 0.15) is 12.8 Å². The zero-order valence-electron chi connectivity index (χ0n) is 7.11. The SMILES string of the molecule is OCCC1COC(CCO)CO1. The van der Waals surface area contributed by atoms with Gasteiger partial charge < -0.3 is 19.7 Å². The van der Waals surface area contributed by atoms with Crippen molar-refractivity contribution in [2.45, 2.75) is 25.0 Å². The van der Waals surface area contributed by atoms with Crippen molar-refractivity contribution in [1.29, 1.82) is 0 Å². The van der Waals surface area contributed by atoms with Crippen LogP contribution in [0.4, 0.5) is 0 Å². The maximum absolute atomic E-state index is 8.61. The summed E-state index contributed by atoms with van der Waals surface area (Å²) in [5, 5.41) is 17.2. The van der Waals surface area contributed by atoms with Gasteiger partial charge in [-0.3, -0.25) is 0 Å². The van der Waals surface area contributed by atoms with Crippen LogP contribution < -0.4 is 0 Å². The van der Waals surface area contributed by atoms with Crippen molar-refractivity contribution in [2.24, 2.45) is 0 Å². The molecular formula is C8H16O4. The summed E-state index contributed by atoms with van der Waals surface area (Å²) in [6, 6.07) is 0. The molecule has 1 aliphatic rings. The van der Waals surface area contributed by atoms with Crippen molar-refractivity contribution < 1.29 is 19.7 Å². The fourth-order valence-corrected chi connectivity index (χ4v) is 1.20. The van der Waals surface area contributed by atoms with Crippen LogP contribution in [0.3, 0.4) is 0 Å². The number of hydrogen-bond donors (Lipinski definition) is 2. The summed E-state index contributed by atoms with van der Waals surface area (Å²) in [7, 11) is 0. The summed E-state index contributed by atoms with van der Waals surface area (Å²) in [6.45, 7) is 1.34. The number of ether oxygens (including phenoxy) is 2. The fraction of sp³-hybridized carbons (Fsp3) is 1.00. The molecule has 0 spiro atoms. The predicted molar refractivity (Wildman–Crippen MR) is 42.9 cm³/mol. The van der Waals surface area contributed by atoms with E-state index in [0.717, 1.165) is 0 Å². The molecule has 1 fully saturated rings. The summed E-state index contributed by atoms with van der Waals surface area (Å²) in [5.41, 5.74) is 0. The molecule has 1 rings (SSSR count). The van der Waals surface area contributed by atoms with Gasteiger partial charge in [-0.15, -0.1) is 0 Å². The van der Waals surface area contributed by atoms with Crippen LogP contribution in [0.2, 0.25) is 0 Å². The first-order chi connectivity index (χ1) is 5.86. The summed E-state index contributed by atoms with van der Waals surface area (Å²) >= 11 is 0. The molecule has 0 aliphatic carbocycles. The van der Waals surface area contributed by atoms with Gasteiger partial charge in [0.05, 0.1) is 25.4 Å². The highest BCUT2D eigenvalue weighted by atomic mass is 16.6. The molecule has 0 bridgehead atoms. The molecule has 72 valence electrons. The van der Waals surface area contributed by atoms with Crippen LogP contribution in [-0.2, 0) is 9.47 Å². The van der Waals surface area contributed by atoms with Crippen LogP contribution in [0, 0.1) is 0 Å². The van der Waals surface area contributed by atoms with E-state index in [2.05, 4.69) is 0 Å². The molecule has 2 atom stereocenters. The Labute approximate surface area is 72.1 Å². The van der Waals surface area contributed by atoms with Crippen LogP contribution >= 0.6 is 0 Å². The molecule has 0 amide bonds. The van der Waals surface area contributed by atoms with Crippen molar-refractivity contribution in [3.63, 3.8) is 0 Å². The maximum atomic E-state index is 8.61. The predicted octanol–water partition coefficient (Wildman–Crippen LogP) is -0.465. The Bertz CT molecular complexity index is 95.6. The minimum absolute atomic E-state index is 0.0324. The van der Waals surface area contributed by atoms with Crippen molar-refractivity contribution in [3.8, 4) is 0 Å². The van der Waals surface area contributed by atoms with Gasteiger partial charge in [-0.1, -0.05) is 0 Å². The molecule has 0 aromatic heterocycles. The first kappa shape index (κ1) is 9.92. The van der Waals surface area contributed by atoms with E-state index in [0.29, 0.717) is 26.1 Å². The molecule has 1 heterocycles. The highest BCUT2D eigenvalue weighted by Crippen LogP contribution is 2.11. The lowest BCUT2D eigenvalue weighted by atomic mass is 10.2. The Balaban J connectivity index is 2.11. The number of aliphatic hydroxyl groups is 2. The minimum Gasteiger partial charge on any atom is -0.396 e. The van der Waals surface area contributed by atoms with Crippen LogP contribution in [0.15, 0.2) is 0 Å². The first-order valence-corrected chi connectivity index (χ1v) is 4.31. The van der Waals surface area contributed by atoms with Crippen molar-refractivity contribution >= 4 is 0 Å². The van der Waals surface area contributed by atoms with Gasteiger partial charge >= 0.3 is 0 Å². The Morgan fingerprint density at radius 2 is 1.33 bits per heavy atom. The van der Waals surface area contributed by atoms with Gasteiger partial charge in [0.15, 0.2) is 0 Å². The Hall–Kier alpha value is -0.160. The van der Waals surface area contributed by atoms with E-state index < -0.39 is 0 Å². The smallest absolute Gasteiger partial charge is 0.0831 e. The molecule has 0 radical (unpaired) electrons. The maximum Gasteiger partial charge on any atom is 0.0831 e. The monoisotopic (exact) mass is 176 g/mol.